The number of hydrogen-bond donors (Lipinski definition) is 3. The fourth-order valence-electron chi connectivity index (χ4n) is 4.98. The molecule has 1 saturated heterocycles. The molecule has 0 radical (unpaired) electrons. The van der Waals surface area contributed by atoms with E-state index in [9.17, 15) is 28.2 Å². The molecular weight excluding hydrogens is 487 g/mol. The molecule has 37 heavy (non-hydrogen) atoms. The minimum atomic E-state index is -1.21. The van der Waals surface area contributed by atoms with Crippen molar-refractivity contribution in [2.24, 2.45) is 5.41 Å². The Morgan fingerprint density at radius 3 is 2.51 bits per heavy atom. The molecule has 2 heterocycles. The number of aliphatic hydroxyl groups is 1. The zero-order valence-electron chi connectivity index (χ0n) is 20.5. The van der Waals surface area contributed by atoms with E-state index in [-0.39, 0.29) is 18.4 Å². The number of carbonyl (C=O) groups is 1. The molecule has 1 atom stereocenters. The molecule has 3 N–H and O–H groups in total. The van der Waals surface area contributed by atoms with E-state index < -0.39 is 34.9 Å². The standard InChI is InChI=1S/C27H30F3N3O4/c1-37-20-2-3-23-21(15-20)25(22(30)16-32-23)24(34)4-5-27(26(35)36)6-9-33(10-7-27)11-8-31-19-13-17(28)12-18(29)14-19/h2-3,12-16,24,31,34H,4-11H2,1H3,(H,35,36)/t24-/m1/s1. The van der Waals surface area contributed by atoms with E-state index in [1.165, 1.54) is 19.2 Å². The minimum absolute atomic E-state index is 0.0756. The number of hydrogen-bond acceptors (Lipinski definition) is 6. The SMILES string of the molecule is COc1ccc2ncc(F)c([C@H](O)CCC3(C(=O)O)CCN(CCNc4cc(F)cc(F)c4)CC3)c2c1. The number of pyridine rings is 1. The third-order valence-corrected chi connectivity index (χ3v) is 7.18. The van der Waals surface area contributed by atoms with Crippen LogP contribution in [0.1, 0.15) is 37.4 Å². The Morgan fingerprint density at radius 2 is 1.86 bits per heavy atom. The lowest BCUT2D eigenvalue weighted by molar-refractivity contribution is -0.153. The van der Waals surface area contributed by atoms with Crippen LogP contribution in [0, 0.1) is 22.9 Å². The number of fused-ring (bicyclic) bond motifs is 1. The first-order valence-corrected chi connectivity index (χ1v) is 12.2. The monoisotopic (exact) mass is 517 g/mol. The van der Waals surface area contributed by atoms with Gasteiger partial charge in [0.15, 0.2) is 0 Å². The molecule has 1 fully saturated rings. The fourth-order valence-corrected chi connectivity index (χ4v) is 4.98. The summed E-state index contributed by atoms with van der Waals surface area (Å²) in [6.45, 7) is 2.06. The molecule has 0 aliphatic carbocycles. The highest BCUT2D eigenvalue weighted by Gasteiger charge is 2.41. The van der Waals surface area contributed by atoms with Crippen molar-refractivity contribution in [2.45, 2.75) is 31.8 Å². The minimum Gasteiger partial charge on any atom is -0.497 e. The van der Waals surface area contributed by atoms with E-state index in [2.05, 4.69) is 15.2 Å². The molecule has 10 heteroatoms. The van der Waals surface area contributed by atoms with Gasteiger partial charge in [-0.2, -0.15) is 0 Å². The molecule has 1 aliphatic rings. The van der Waals surface area contributed by atoms with Crippen LogP contribution in [0.15, 0.2) is 42.6 Å². The van der Waals surface area contributed by atoms with Gasteiger partial charge in [0.1, 0.15) is 23.2 Å². The van der Waals surface area contributed by atoms with Crippen LogP contribution in [0.5, 0.6) is 5.75 Å². The summed E-state index contributed by atoms with van der Waals surface area (Å²) in [6, 6.07) is 8.22. The Bertz CT molecular complexity index is 1240. The first kappa shape index (κ1) is 26.7. The highest BCUT2D eigenvalue weighted by Crippen LogP contribution is 2.40. The quantitative estimate of drug-likeness (QED) is 0.357. The summed E-state index contributed by atoms with van der Waals surface area (Å²) in [5, 5.41) is 24.4. The van der Waals surface area contributed by atoms with Gasteiger partial charge in [0.2, 0.25) is 0 Å². The lowest BCUT2D eigenvalue weighted by Crippen LogP contribution is -2.45. The summed E-state index contributed by atoms with van der Waals surface area (Å²) >= 11 is 0. The molecule has 1 aromatic heterocycles. The van der Waals surface area contributed by atoms with Gasteiger partial charge in [-0.1, -0.05) is 0 Å². The smallest absolute Gasteiger partial charge is 0.309 e. The van der Waals surface area contributed by atoms with Crippen LogP contribution in [-0.4, -0.2) is 59.4 Å². The van der Waals surface area contributed by atoms with Crippen molar-refractivity contribution in [3.05, 3.63) is 65.6 Å². The van der Waals surface area contributed by atoms with E-state index >= 15 is 0 Å². The predicted octanol–water partition coefficient (Wildman–Crippen LogP) is 4.75. The second kappa shape index (κ2) is 11.4. The summed E-state index contributed by atoms with van der Waals surface area (Å²) in [7, 11) is 1.49. The number of aliphatic carboxylic acids is 1. The molecule has 0 unspecified atom stereocenters. The summed E-state index contributed by atoms with van der Waals surface area (Å²) in [4.78, 5) is 18.4. The number of halogens is 3. The number of aliphatic hydroxyl groups excluding tert-OH is 1. The number of likely N-dealkylation sites (tertiary alicyclic amines) is 1. The maximum absolute atomic E-state index is 14.7. The third-order valence-electron chi connectivity index (χ3n) is 7.18. The molecule has 2 aromatic carbocycles. The summed E-state index contributed by atoms with van der Waals surface area (Å²) in [6.07, 6.45) is 0.860. The zero-order valence-corrected chi connectivity index (χ0v) is 20.5. The Kier molecular flexibility index (Phi) is 8.19. The Hall–Kier alpha value is -3.37. The van der Waals surface area contributed by atoms with Crippen molar-refractivity contribution < 1.29 is 32.9 Å². The Morgan fingerprint density at radius 1 is 1.16 bits per heavy atom. The van der Waals surface area contributed by atoms with Gasteiger partial charge in [0.05, 0.1) is 30.3 Å². The summed E-state index contributed by atoms with van der Waals surface area (Å²) in [5.41, 5.74) is -0.0983. The van der Waals surface area contributed by atoms with Gasteiger partial charge in [0, 0.05) is 35.8 Å². The largest absolute Gasteiger partial charge is 0.497 e. The lowest BCUT2D eigenvalue weighted by Gasteiger charge is -2.39. The number of methoxy groups -OCH3 is 1. The van der Waals surface area contributed by atoms with Gasteiger partial charge in [0.25, 0.3) is 0 Å². The van der Waals surface area contributed by atoms with E-state index in [1.54, 1.807) is 18.2 Å². The van der Waals surface area contributed by atoms with Gasteiger partial charge in [-0.15, -0.1) is 0 Å². The molecule has 198 valence electrons. The normalized spacial score (nSPS) is 16.5. The number of nitrogens with zero attached hydrogens (tertiary/aromatic N) is 2. The number of carboxylic acid groups (broad SMARTS) is 1. The molecule has 0 spiro atoms. The topological polar surface area (TPSA) is 94.9 Å². The average Bonchev–Trinajstić information content (AvgIpc) is 2.87. The van der Waals surface area contributed by atoms with Crippen LogP contribution < -0.4 is 10.1 Å². The van der Waals surface area contributed by atoms with Crippen LogP contribution in [0.25, 0.3) is 10.9 Å². The van der Waals surface area contributed by atoms with Crippen molar-refractivity contribution >= 4 is 22.6 Å². The highest BCUT2D eigenvalue weighted by atomic mass is 19.1. The van der Waals surface area contributed by atoms with Crippen molar-refractivity contribution in [1.82, 2.24) is 9.88 Å². The zero-order chi connectivity index (χ0) is 26.6. The third kappa shape index (κ3) is 6.14. The van der Waals surface area contributed by atoms with Gasteiger partial charge in [-0.3, -0.25) is 9.78 Å². The maximum Gasteiger partial charge on any atom is 0.309 e. The van der Waals surface area contributed by atoms with Gasteiger partial charge in [-0.05, 0) is 69.1 Å². The van der Waals surface area contributed by atoms with E-state index in [1.807, 2.05) is 0 Å². The van der Waals surface area contributed by atoms with Crippen LogP contribution in [-0.2, 0) is 4.79 Å². The molecule has 0 amide bonds. The summed E-state index contributed by atoms with van der Waals surface area (Å²) < 4.78 is 46.6. The van der Waals surface area contributed by atoms with E-state index in [4.69, 9.17) is 4.74 Å². The predicted molar refractivity (Wildman–Crippen MR) is 133 cm³/mol. The molecule has 0 bridgehead atoms. The Balaban J connectivity index is 1.37. The first-order chi connectivity index (χ1) is 17.7. The van der Waals surface area contributed by atoms with Crippen molar-refractivity contribution in [1.29, 1.82) is 0 Å². The summed E-state index contributed by atoms with van der Waals surface area (Å²) in [5.74, 6) is -2.41. The van der Waals surface area contributed by atoms with Crippen LogP contribution >= 0.6 is 0 Å². The van der Waals surface area contributed by atoms with E-state index in [0.717, 1.165) is 12.3 Å². The maximum atomic E-state index is 14.7. The number of aromatic nitrogens is 1. The van der Waals surface area contributed by atoms with E-state index in [0.29, 0.717) is 61.4 Å². The van der Waals surface area contributed by atoms with Crippen molar-refractivity contribution in [3.63, 3.8) is 0 Å². The number of piperidine rings is 1. The molecule has 3 aromatic rings. The van der Waals surface area contributed by atoms with Gasteiger partial charge < -0.3 is 25.2 Å². The highest BCUT2D eigenvalue weighted by molar-refractivity contribution is 5.84. The second-order valence-corrected chi connectivity index (χ2v) is 9.47. The van der Waals surface area contributed by atoms with Crippen LogP contribution in [0.3, 0.4) is 0 Å². The number of benzene rings is 2. The molecule has 0 saturated carbocycles. The van der Waals surface area contributed by atoms with Gasteiger partial charge >= 0.3 is 5.97 Å². The number of anilines is 1. The molecule has 4 rings (SSSR count). The van der Waals surface area contributed by atoms with Crippen LogP contribution in [0.2, 0.25) is 0 Å². The molecular formula is C27H30F3N3O4. The molecule has 1 aliphatic heterocycles. The first-order valence-electron chi connectivity index (χ1n) is 12.2. The lowest BCUT2D eigenvalue weighted by atomic mass is 9.74. The average molecular weight is 518 g/mol. The fraction of sp³-hybridized carbons (Fsp3) is 0.407. The Labute approximate surface area is 212 Å². The number of rotatable bonds is 10. The molecule has 7 nitrogen and oxygen atoms in total. The number of carboxylic acids is 1. The second-order valence-electron chi connectivity index (χ2n) is 9.47. The van der Waals surface area contributed by atoms with Crippen LogP contribution in [0.4, 0.5) is 18.9 Å². The van der Waals surface area contributed by atoms with Gasteiger partial charge in [-0.25, -0.2) is 13.2 Å². The number of nitrogens with one attached hydrogen (secondary N) is 1. The van der Waals surface area contributed by atoms with Crippen molar-refractivity contribution in [3.8, 4) is 5.75 Å². The number of ether oxygens (including phenoxy) is 1. The van der Waals surface area contributed by atoms with Crippen molar-refractivity contribution in [2.75, 3.05) is 38.6 Å².